The van der Waals surface area contributed by atoms with E-state index in [0.717, 1.165) is 64.2 Å². The van der Waals surface area contributed by atoms with E-state index in [9.17, 15) is 4.79 Å². The van der Waals surface area contributed by atoms with Crippen molar-refractivity contribution in [3.05, 3.63) is 29.8 Å². The maximum absolute atomic E-state index is 12.4. The number of aryl methyl sites for hydroxylation is 1. The maximum Gasteiger partial charge on any atom is 0.225 e. The second-order valence-electron chi connectivity index (χ2n) is 6.64. The number of hydrogen-bond acceptors (Lipinski definition) is 3. The molecule has 4 nitrogen and oxygen atoms in total. The Bertz CT molecular complexity index is 506. The summed E-state index contributed by atoms with van der Waals surface area (Å²) >= 11 is 0. The molecule has 0 aliphatic carbocycles. The van der Waals surface area contributed by atoms with Gasteiger partial charge in [-0.3, -0.25) is 9.69 Å². The lowest BCUT2D eigenvalue weighted by Crippen LogP contribution is -2.50. The van der Waals surface area contributed by atoms with Gasteiger partial charge in [0.2, 0.25) is 5.91 Å². The summed E-state index contributed by atoms with van der Waals surface area (Å²) in [5.74, 6) is 1.50. The molecule has 134 valence electrons. The number of piperazine rings is 1. The highest BCUT2D eigenvalue weighted by molar-refractivity contribution is 5.78. The van der Waals surface area contributed by atoms with Gasteiger partial charge >= 0.3 is 0 Å². The van der Waals surface area contributed by atoms with E-state index in [0.29, 0.717) is 5.91 Å². The van der Waals surface area contributed by atoms with Crippen LogP contribution in [0.25, 0.3) is 0 Å². The van der Waals surface area contributed by atoms with Crippen LogP contribution < -0.4 is 4.74 Å². The Kier molecular flexibility index (Phi) is 7.57. The lowest BCUT2D eigenvalue weighted by molar-refractivity contribution is -0.137. The van der Waals surface area contributed by atoms with Crippen LogP contribution in [0, 0.1) is 5.92 Å². The minimum Gasteiger partial charge on any atom is -0.497 e. The highest BCUT2D eigenvalue weighted by atomic mass is 16.5. The fourth-order valence-electron chi connectivity index (χ4n) is 3.42. The monoisotopic (exact) mass is 332 g/mol. The van der Waals surface area contributed by atoms with E-state index in [-0.39, 0.29) is 5.92 Å². The van der Waals surface area contributed by atoms with Gasteiger partial charge in [-0.15, -0.1) is 0 Å². The van der Waals surface area contributed by atoms with Crippen LogP contribution in [0.2, 0.25) is 0 Å². The summed E-state index contributed by atoms with van der Waals surface area (Å²) in [5, 5.41) is 0. The summed E-state index contributed by atoms with van der Waals surface area (Å²) in [5.41, 5.74) is 1.33. The number of ether oxygens (including phenoxy) is 1. The second kappa shape index (κ2) is 9.67. The Labute approximate surface area is 146 Å². The topological polar surface area (TPSA) is 32.8 Å². The zero-order valence-corrected chi connectivity index (χ0v) is 15.5. The van der Waals surface area contributed by atoms with Gasteiger partial charge in [0.25, 0.3) is 0 Å². The molecule has 0 N–H and O–H groups in total. The van der Waals surface area contributed by atoms with Crippen molar-refractivity contribution in [3.8, 4) is 5.75 Å². The molecule has 1 saturated heterocycles. The minimum absolute atomic E-state index is 0.213. The minimum atomic E-state index is 0.213. The predicted octanol–water partition coefficient (Wildman–Crippen LogP) is 3.21. The molecule has 1 aromatic carbocycles. The molecule has 0 saturated carbocycles. The summed E-state index contributed by atoms with van der Waals surface area (Å²) in [7, 11) is 1.71. The Hall–Kier alpha value is -1.55. The van der Waals surface area contributed by atoms with Crippen molar-refractivity contribution in [3.63, 3.8) is 0 Å². The Morgan fingerprint density at radius 1 is 1.17 bits per heavy atom. The molecule has 2 rings (SSSR count). The first-order valence-electron chi connectivity index (χ1n) is 9.32. The van der Waals surface area contributed by atoms with Crippen LogP contribution in [0.1, 0.15) is 38.7 Å². The van der Waals surface area contributed by atoms with Gasteiger partial charge in [-0.05, 0) is 49.9 Å². The Morgan fingerprint density at radius 2 is 1.88 bits per heavy atom. The van der Waals surface area contributed by atoms with Crippen molar-refractivity contribution in [2.45, 2.75) is 39.5 Å². The number of amides is 1. The van der Waals surface area contributed by atoms with Crippen molar-refractivity contribution in [2.75, 3.05) is 39.8 Å². The number of carbonyl (C=O) groups is 1. The normalized spacial score (nSPS) is 15.8. The molecule has 0 atom stereocenters. The van der Waals surface area contributed by atoms with E-state index in [1.165, 1.54) is 5.56 Å². The van der Waals surface area contributed by atoms with Gasteiger partial charge in [-0.2, -0.15) is 0 Å². The first kappa shape index (κ1) is 18.8. The third kappa shape index (κ3) is 5.23. The van der Waals surface area contributed by atoms with Crippen LogP contribution in [0.4, 0.5) is 0 Å². The fourth-order valence-corrected chi connectivity index (χ4v) is 3.42. The van der Waals surface area contributed by atoms with Crippen molar-refractivity contribution < 1.29 is 9.53 Å². The number of rotatable bonds is 8. The number of hydrogen-bond donors (Lipinski definition) is 0. The third-order valence-electron chi connectivity index (χ3n) is 5.09. The molecule has 1 amide bonds. The Balaban J connectivity index is 1.70. The van der Waals surface area contributed by atoms with Gasteiger partial charge < -0.3 is 9.64 Å². The SMILES string of the molecule is CCC(CC)C(=O)N1CCN(CCCc2cccc(OC)c2)CC1. The number of benzene rings is 1. The standard InChI is InChI=1S/C20H32N2O2/c1-4-18(5-2)20(23)22-14-12-21(13-15-22)11-7-9-17-8-6-10-19(16-17)24-3/h6,8,10,16,18H,4-5,7,9,11-15H2,1-3H3. The average Bonchev–Trinajstić information content (AvgIpc) is 2.63. The van der Waals surface area contributed by atoms with Crippen LogP contribution >= 0.6 is 0 Å². The van der Waals surface area contributed by atoms with E-state index in [2.05, 4.69) is 41.8 Å². The number of methoxy groups -OCH3 is 1. The number of carbonyl (C=O) groups excluding carboxylic acids is 1. The summed E-state index contributed by atoms with van der Waals surface area (Å²) in [6, 6.07) is 8.32. The summed E-state index contributed by atoms with van der Waals surface area (Å²) in [6.07, 6.45) is 4.13. The van der Waals surface area contributed by atoms with Crippen molar-refractivity contribution >= 4 is 5.91 Å². The molecule has 1 aliphatic rings. The predicted molar refractivity (Wildman–Crippen MR) is 98.4 cm³/mol. The molecule has 4 heteroatoms. The first-order valence-corrected chi connectivity index (χ1v) is 9.32. The molecule has 24 heavy (non-hydrogen) atoms. The van der Waals surface area contributed by atoms with Gasteiger partial charge in [0.15, 0.2) is 0 Å². The lowest BCUT2D eigenvalue weighted by atomic mass is 10.0. The zero-order chi connectivity index (χ0) is 17.4. The van der Waals surface area contributed by atoms with Crippen LogP contribution in [-0.2, 0) is 11.2 Å². The molecule has 1 aliphatic heterocycles. The van der Waals surface area contributed by atoms with Crippen molar-refractivity contribution in [2.24, 2.45) is 5.92 Å². The molecule has 1 fully saturated rings. The van der Waals surface area contributed by atoms with E-state index in [1.54, 1.807) is 7.11 Å². The van der Waals surface area contributed by atoms with Gasteiger partial charge in [0.1, 0.15) is 5.75 Å². The average molecular weight is 332 g/mol. The van der Waals surface area contributed by atoms with E-state index in [1.807, 2.05) is 6.07 Å². The van der Waals surface area contributed by atoms with E-state index in [4.69, 9.17) is 4.74 Å². The summed E-state index contributed by atoms with van der Waals surface area (Å²) in [4.78, 5) is 17.0. The molecule has 1 aromatic rings. The van der Waals surface area contributed by atoms with Gasteiger partial charge in [0, 0.05) is 32.1 Å². The Morgan fingerprint density at radius 3 is 2.50 bits per heavy atom. The van der Waals surface area contributed by atoms with E-state index < -0.39 is 0 Å². The van der Waals surface area contributed by atoms with Crippen LogP contribution in [0.3, 0.4) is 0 Å². The smallest absolute Gasteiger partial charge is 0.225 e. The second-order valence-corrected chi connectivity index (χ2v) is 6.64. The fraction of sp³-hybridized carbons (Fsp3) is 0.650. The van der Waals surface area contributed by atoms with E-state index >= 15 is 0 Å². The maximum atomic E-state index is 12.4. The highest BCUT2D eigenvalue weighted by Gasteiger charge is 2.25. The quantitative estimate of drug-likeness (QED) is 0.733. The molecule has 0 spiro atoms. The van der Waals surface area contributed by atoms with Crippen molar-refractivity contribution in [1.29, 1.82) is 0 Å². The van der Waals surface area contributed by atoms with Gasteiger partial charge in [0.05, 0.1) is 7.11 Å². The molecule has 0 bridgehead atoms. The molecule has 0 unspecified atom stereocenters. The van der Waals surface area contributed by atoms with Crippen LogP contribution in [-0.4, -0.2) is 55.5 Å². The molecule has 0 radical (unpaired) electrons. The van der Waals surface area contributed by atoms with Crippen LogP contribution in [0.15, 0.2) is 24.3 Å². The zero-order valence-electron chi connectivity index (χ0n) is 15.5. The molecule has 1 heterocycles. The molecular formula is C20H32N2O2. The highest BCUT2D eigenvalue weighted by Crippen LogP contribution is 2.16. The largest absolute Gasteiger partial charge is 0.497 e. The van der Waals surface area contributed by atoms with Crippen LogP contribution in [0.5, 0.6) is 5.75 Å². The summed E-state index contributed by atoms with van der Waals surface area (Å²) < 4.78 is 5.28. The van der Waals surface area contributed by atoms with Gasteiger partial charge in [-0.1, -0.05) is 26.0 Å². The van der Waals surface area contributed by atoms with Gasteiger partial charge in [-0.25, -0.2) is 0 Å². The lowest BCUT2D eigenvalue weighted by Gasteiger charge is -2.36. The number of nitrogens with zero attached hydrogens (tertiary/aromatic N) is 2. The first-order chi connectivity index (χ1) is 11.7. The molecule has 0 aromatic heterocycles. The summed E-state index contributed by atoms with van der Waals surface area (Å²) in [6.45, 7) is 9.10. The third-order valence-corrected chi connectivity index (χ3v) is 5.09. The molecular weight excluding hydrogens is 300 g/mol. The van der Waals surface area contributed by atoms with Crippen molar-refractivity contribution in [1.82, 2.24) is 9.80 Å².